The zero-order valence-electron chi connectivity index (χ0n) is 25.9. The molecule has 4 aliphatic rings. The van der Waals surface area contributed by atoms with Gasteiger partial charge in [0, 0.05) is 62.8 Å². The van der Waals surface area contributed by atoms with E-state index >= 15 is 0 Å². The van der Waals surface area contributed by atoms with Crippen LogP contribution in [0, 0.1) is 5.41 Å². The third-order valence-corrected chi connectivity index (χ3v) is 10.5. The normalized spacial score (nSPS) is 28.2. The van der Waals surface area contributed by atoms with Crippen LogP contribution in [-0.2, 0) is 16.6 Å². The number of nitrogens with one attached hydrogen (secondary N) is 1. The molecular weight excluding hydrogens is 585 g/mol. The molecule has 0 unspecified atom stereocenters. The third-order valence-electron chi connectivity index (χ3n) is 10.5. The van der Waals surface area contributed by atoms with E-state index in [4.69, 9.17) is 4.98 Å². The van der Waals surface area contributed by atoms with Crippen molar-refractivity contribution in [3.63, 3.8) is 0 Å². The number of halogens is 3. The van der Waals surface area contributed by atoms with E-state index in [0.29, 0.717) is 32.0 Å². The Labute approximate surface area is 262 Å². The van der Waals surface area contributed by atoms with Crippen molar-refractivity contribution in [2.24, 2.45) is 5.41 Å². The second-order valence-electron chi connectivity index (χ2n) is 13.5. The van der Waals surface area contributed by atoms with Crippen LogP contribution in [0.15, 0.2) is 42.6 Å². The smallest absolute Gasteiger partial charge is 0.384 e. The summed E-state index contributed by atoms with van der Waals surface area (Å²) in [5.41, 5.74) is -0.0719. The van der Waals surface area contributed by atoms with E-state index in [-0.39, 0.29) is 23.4 Å². The van der Waals surface area contributed by atoms with E-state index in [1.54, 1.807) is 4.90 Å². The molecule has 1 aromatic carbocycles. The molecule has 2 amide bonds. The van der Waals surface area contributed by atoms with Gasteiger partial charge in [-0.3, -0.25) is 19.5 Å². The van der Waals surface area contributed by atoms with Gasteiger partial charge in [0.2, 0.25) is 5.91 Å². The quantitative estimate of drug-likeness (QED) is 0.507. The molecule has 1 spiro atoms. The maximum absolute atomic E-state index is 13.0. The van der Waals surface area contributed by atoms with Crippen molar-refractivity contribution in [2.75, 3.05) is 70.9 Å². The first-order valence-electron chi connectivity index (χ1n) is 16.0. The number of anilines is 1. The molecule has 2 aromatic rings. The Balaban J connectivity index is 0.967. The van der Waals surface area contributed by atoms with Crippen molar-refractivity contribution in [3.05, 3.63) is 59.4 Å². The maximum atomic E-state index is 13.0. The number of aliphatic hydroxyl groups is 1. The Hall–Kier alpha value is -3.22. The number of pyridine rings is 1. The van der Waals surface area contributed by atoms with Crippen molar-refractivity contribution in [1.82, 2.24) is 25.0 Å². The van der Waals surface area contributed by atoms with Crippen molar-refractivity contribution < 1.29 is 27.9 Å². The van der Waals surface area contributed by atoms with Gasteiger partial charge in [0.05, 0.1) is 29.7 Å². The van der Waals surface area contributed by atoms with Gasteiger partial charge in [0.1, 0.15) is 5.60 Å². The number of carbonyl (C=O) groups is 2. The number of carbonyl (C=O) groups excluding carboxylic acids is 2. The number of likely N-dealkylation sites (N-methyl/N-ethyl adjacent to an activating group) is 1. The van der Waals surface area contributed by atoms with Gasteiger partial charge in [0.15, 0.2) is 0 Å². The first-order valence-corrected chi connectivity index (χ1v) is 16.0. The molecule has 2 N–H and O–H groups in total. The van der Waals surface area contributed by atoms with Gasteiger partial charge in [0.25, 0.3) is 5.91 Å². The SMILES string of the molecule is CN1CCN(c2ccc(C3(O)CCC(N4CC[C@@]5(CCN(C(=O)CNC(=O)c6cccc(C(F)(F)F)c6)C5)C4)CC3)nc2)CC1. The van der Waals surface area contributed by atoms with Gasteiger partial charge < -0.3 is 25.1 Å². The van der Waals surface area contributed by atoms with E-state index in [0.717, 1.165) is 88.5 Å². The molecule has 6 rings (SSSR count). The van der Waals surface area contributed by atoms with Crippen molar-refractivity contribution in [3.8, 4) is 0 Å². The minimum absolute atomic E-state index is 0.00903. The van der Waals surface area contributed by atoms with Crippen molar-refractivity contribution >= 4 is 17.5 Å². The Morgan fingerprint density at radius 1 is 0.978 bits per heavy atom. The highest BCUT2D eigenvalue weighted by atomic mass is 19.4. The Bertz CT molecular complexity index is 1370. The Morgan fingerprint density at radius 2 is 1.71 bits per heavy atom. The van der Waals surface area contributed by atoms with Gasteiger partial charge in [-0.2, -0.15) is 13.2 Å². The minimum Gasteiger partial charge on any atom is -0.384 e. The standard InChI is InChI=1S/C33H43F3N6O3/c1-39-15-17-40(18-16-39)27-5-6-28(37-20-27)32(45)9-7-26(8-10-32)41-13-11-31(22-41)12-14-42(23-31)29(43)21-38-30(44)24-3-2-4-25(19-24)33(34,35)36/h2-6,19-20,26,45H,7-18,21-23H2,1H3,(H,38,44)/t26?,31-,32?/m1/s1. The van der Waals surface area contributed by atoms with Crippen LogP contribution in [0.1, 0.15) is 60.1 Å². The number of hydrogen-bond donors (Lipinski definition) is 2. The molecule has 0 bridgehead atoms. The van der Waals surface area contributed by atoms with Gasteiger partial charge in [-0.25, -0.2) is 0 Å². The summed E-state index contributed by atoms with van der Waals surface area (Å²) in [6.07, 6.45) is 2.34. The number of nitrogens with zero attached hydrogens (tertiary/aromatic N) is 5. The van der Waals surface area contributed by atoms with Crippen LogP contribution >= 0.6 is 0 Å². The fourth-order valence-electron chi connectivity index (χ4n) is 7.58. The molecule has 4 fully saturated rings. The van der Waals surface area contributed by atoms with Gasteiger partial charge in [-0.15, -0.1) is 0 Å². The summed E-state index contributed by atoms with van der Waals surface area (Å²) in [6.45, 7) is 6.84. The lowest BCUT2D eigenvalue weighted by Crippen LogP contribution is -2.44. The van der Waals surface area contributed by atoms with Gasteiger partial charge in [-0.1, -0.05) is 6.07 Å². The van der Waals surface area contributed by atoms with Crippen LogP contribution < -0.4 is 10.2 Å². The number of rotatable bonds is 6. The zero-order chi connectivity index (χ0) is 31.8. The molecule has 1 aliphatic carbocycles. The summed E-state index contributed by atoms with van der Waals surface area (Å²) in [5, 5.41) is 14.0. The van der Waals surface area contributed by atoms with Crippen LogP contribution in [0.3, 0.4) is 0 Å². The lowest BCUT2D eigenvalue weighted by Gasteiger charge is -2.40. The van der Waals surface area contributed by atoms with E-state index in [1.807, 2.05) is 12.3 Å². The van der Waals surface area contributed by atoms with E-state index in [1.165, 1.54) is 12.1 Å². The summed E-state index contributed by atoms with van der Waals surface area (Å²) in [7, 11) is 2.14. The predicted molar refractivity (Wildman–Crippen MR) is 164 cm³/mol. The number of likely N-dealkylation sites (tertiary alicyclic amines) is 2. The molecule has 244 valence electrons. The molecule has 3 aliphatic heterocycles. The molecule has 45 heavy (non-hydrogen) atoms. The average Bonchev–Trinajstić information content (AvgIpc) is 3.66. The molecule has 12 heteroatoms. The highest BCUT2D eigenvalue weighted by Gasteiger charge is 2.47. The van der Waals surface area contributed by atoms with Gasteiger partial charge in [-0.05, 0) is 82.4 Å². The lowest BCUT2D eigenvalue weighted by atomic mass is 9.79. The third kappa shape index (κ3) is 6.97. The van der Waals surface area contributed by atoms with Gasteiger partial charge >= 0.3 is 6.18 Å². The number of alkyl halides is 3. The number of hydrogen-bond acceptors (Lipinski definition) is 7. The highest BCUT2D eigenvalue weighted by Crippen LogP contribution is 2.44. The maximum Gasteiger partial charge on any atom is 0.416 e. The summed E-state index contributed by atoms with van der Waals surface area (Å²) >= 11 is 0. The van der Waals surface area contributed by atoms with Crippen LogP contribution in [0.4, 0.5) is 18.9 Å². The predicted octanol–water partition coefficient (Wildman–Crippen LogP) is 3.34. The molecular formula is C33H43F3N6O3. The number of benzene rings is 1. The second kappa shape index (κ2) is 12.5. The first kappa shape index (κ1) is 31.7. The number of aromatic nitrogens is 1. The molecule has 4 heterocycles. The number of amides is 2. The summed E-state index contributed by atoms with van der Waals surface area (Å²) in [5.74, 6) is -0.923. The first-order chi connectivity index (χ1) is 21.4. The van der Waals surface area contributed by atoms with Crippen molar-refractivity contribution in [2.45, 2.75) is 56.3 Å². The molecule has 3 saturated heterocycles. The van der Waals surface area contributed by atoms with Crippen molar-refractivity contribution in [1.29, 1.82) is 0 Å². The number of piperazine rings is 1. The van der Waals surface area contributed by atoms with Crippen LogP contribution in [0.5, 0.6) is 0 Å². The summed E-state index contributed by atoms with van der Waals surface area (Å²) in [6, 6.07) is 8.66. The molecule has 0 radical (unpaired) electrons. The Morgan fingerprint density at radius 3 is 2.40 bits per heavy atom. The fourth-order valence-corrected chi connectivity index (χ4v) is 7.58. The lowest BCUT2D eigenvalue weighted by molar-refractivity contribution is -0.137. The molecule has 1 atom stereocenters. The van der Waals surface area contributed by atoms with E-state index in [9.17, 15) is 27.9 Å². The minimum atomic E-state index is -4.54. The summed E-state index contributed by atoms with van der Waals surface area (Å²) in [4.78, 5) is 39.1. The largest absolute Gasteiger partial charge is 0.416 e. The zero-order valence-corrected chi connectivity index (χ0v) is 25.9. The van der Waals surface area contributed by atoms with Crippen LogP contribution in [0.2, 0.25) is 0 Å². The van der Waals surface area contributed by atoms with E-state index in [2.05, 4.69) is 33.1 Å². The summed E-state index contributed by atoms with van der Waals surface area (Å²) < 4.78 is 39.0. The fraction of sp³-hybridized carbons (Fsp3) is 0.606. The average molecular weight is 629 g/mol. The second-order valence-corrected chi connectivity index (χ2v) is 13.5. The molecule has 1 aromatic heterocycles. The monoisotopic (exact) mass is 628 g/mol. The molecule has 1 saturated carbocycles. The van der Waals surface area contributed by atoms with Crippen LogP contribution in [0.25, 0.3) is 0 Å². The topological polar surface area (TPSA) is 92.3 Å². The Kier molecular flexibility index (Phi) is 8.84. The highest BCUT2D eigenvalue weighted by molar-refractivity contribution is 5.96. The van der Waals surface area contributed by atoms with E-state index < -0.39 is 23.2 Å². The molecule has 9 nitrogen and oxygen atoms in total. The van der Waals surface area contributed by atoms with Crippen LogP contribution in [-0.4, -0.2) is 109 Å².